The van der Waals surface area contributed by atoms with Crippen LogP contribution in [0.3, 0.4) is 0 Å². The Hall–Kier alpha value is -0.540. The highest BCUT2D eigenvalue weighted by molar-refractivity contribution is 9.10. The molecule has 1 saturated carbocycles. The SMILES string of the molecule is CCC1CCC(N(C)c2ccc(C(C)NC)cc2Br)CC1. The lowest BCUT2D eigenvalue weighted by atomic mass is 9.84. The Bertz CT molecular complexity index is 453. The quantitative estimate of drug-likeness (QED) is 0.789. The molecular weight excluding hydrogens is 324 g/mol. The average molecular weight is 353 g/mol. The van der Waals surface area contributed by atoms with Crippen LogP contribution in [0.5, 0.6) is 0 Å². The van der Waals surface area contributed by atoms with Crippen molar-refractivity contribution in [3.63, 3.8) is 0 Å². The van der Waals surface area contributed by atoms with Gasteiger partial charge in [0.1, 0.15) is 0 Å². The van der Waals surface area contributed by atoms with Gasteiger partial charge in [-0.1, -0.05) is 19.4 Å². The maximum Gasteiger partial charge on any atom is 0.0510 e. The van der Waals surface area contributed by atoms with Gasteiger partial charge < -0.3 is 10.2 Å². The summed E-state index contributed by atoms with van der Waals surface area (Å²) >= 11 is 3.77. The molecule has 0 spiro atoms. The zero-order chi connectivity index (χ0) is 15.4. The van der Waals surface area contributed by atoms with E-state index in [2.05, 4.69) is 65.2 Å². The molecule has 2 nitrogen and oxygen atoms in total. The third-order valence-electron chi connectivity index (χ3n) is 5.23. The minimum absolute atomic E-state index is 0.389. The van der Waals surface area contributed by atoms with E-state index in [1.807, 2.05) is 7.05 Å². The molecule has 0 saturated heterocycles. The van der Waals surface area contributed by atoms with Gasteiger partial charge in [0, 0.05) is 23.6 Å². The second-order valence-corrected chi connectivity index (χ2v) is 7.27. The molecule has 118 valence electrons. The van der Waals surface area contributed by atoms with E-state index < -0.39 is 0 Å². The zero-order valence-electron chi connectivity index (χ0n) is 13.8. The summed E-state index contributed by atoms with van der Waals surface area (Å²) in [4.78, 5) is 2.48. The molecule has 1 aliphatic carbocycles. The molecule has 1 unspecified atom stereocenters. The van der Waals surface area contributed by atoms with E-state index in [0.717, 1.165) is 5.92 Å². The van der Waals surface area contributed by atoms with Crippen LogP contribution < -0.4 is 10.2 Å². The summed E-state index contributed by atoms with van der Waals surface area (Å²) in [6.07, 6.45) is 6.78. The maximum absolute atomic E-state index is 3.77. The Morgan fingerprint density at radius 1 is 1.29 bits per heavy atom. The van der Waals surface area contributed by atoms with Crippen molar-refractivity contribution in [3.8, 4) is 0 Å². The first kappa shape index (κ1) is 16.8. The van der Waals surface area contributed by atoms with E-state index in [4.69, 9.17) is 0 Å². The number of hydrogen-bond donors (Lipinski definition) is 1. The van der Waals surface area contributed by atoms with Crippen LogP contribution >= 0.6 is 15.9 Å². The van der Waals surface area contributed by atoms with Crippen LogP contribution in [0.1, 0.15) is 57.6 Å². The van der Waals surface area contributed by atoms with E-state index in [9.17, 15) is 0 Å². The molecule has 1 N–H and O–H groups in total. The first-order valence-electron chi connectivity index (χ1n) is 8.26. The minimum atomic E-state index is 0.389. The van der Waals surface area contributed by atoms with Gasteiger partial charge in [-0.3, -0.25) is 0 Å². The molecule has 1 aliphatic rings. The molecule has 0 radical (unpaired) electrons. The number of benzene rings is 1. The van der Waals surface area contributed by atoms with E-state index in [-0.39, 0.29) is 0 Å². The summed E-state index contributed by atoms with van der Waals surface area (Å²) in [6.45, 7) is 4.52. The van der Waals surface area contributed by atoms with Crippen LogP contribution in [0.4, 0.5) is 5.69 Å². The molecule has 1 aromatic carbocycles. The lowest BCUT2D eigenvalue weighted by Gasteiger charge is -2.36. The van der Waals surface area contributed by atoms with Gasteiger partial charge in [-0.2, -0.15) is 0 Å². The third-order valence-corrected chi connectivity index (χ3v) is 5.86. The smallest absolute Gasteiger partial charge is 0.0510 e. The van der Waals surface area contributed by atoms with Crippen molar-refractivity contribution in [2.45, 2.75) is 58.0 Å². The summed E-state index contributed by atoms with van der Waals surface area (Å²) in [5.41, 5.74) is 2.65. The fourth-order valence-electron chi connectivity index (χ4n) is 3.38. The number of halogens is 1. The lowest BCUT2D eigenvalue weighted by Crippen LogP contribution is -2.35. The van der Waals surface area contributed by atoms with Crippen LogP contribution in [-0.2, 0) is 0 Å². The Morgan fingerprint density at radius 2 is 1.95 bits per heavy atom. The predicted molar refractivity (Wildman–Crippen MR) is 96.1 cm³/mol. The molecule has 2 rings (SSSR count). The van der Waals surface area contributed by atoms with E-state index >= 15 is 0 Å². The van der Waals surface area contributed by atoms with Crippen LogP contribution in [-0.4, -0.2) is 20.1 Å². The summed E-state index contributed by atoms with van der Waals surface area (Å²) in [5.74, 6) is 0.956. The van der Waals surface area contributed by atoms with Crippen molar-refractivity contribution in [3.05, 3.63) is 28.2 Å². The van der Waals surface area contributed by atoms with Crippen molar-refractivity contribution in [2.75, 3.05) is 19.0 Å². The van der Waals surface area contributed by atoms with E-state index in [1.165, 1.54) is 47.8 Å². The average Bonchev–Trinajstić information content (AvgIpc) is 2.53. The first-order valence-corrected chi connectivity index (χ1v) is 9.05. The number of anilines is 1. The van der Waals surface area contributed by atoms with Crippen molar-refractivity contribution >= 4 is 21.6 Å². The highest BCUT2D eigenvalue weighted by atomic mass is 79.9. The minimum Gasteiger partial charge on any atom is -0.371 e. The van der Waals surface area contributed by atoms with E-state index in [0.29, 0.717) is 12.1 Å². The molecule has 1 aromatic rings. The van der Waals surface area contributed by atoms with Crippen molar-refractivity contribution in [1.29, 1.82) is 0 Å². The van der Waals surface area contributed by atoms with Crippen LogP contribution in [0.2, 0.25) is 0 Å². The van der Waals surface area contributed by atoms with Gasteiger partial charge in [0.15, 0.2) is 0 Å². The monoisotopic (exact) mass is 352 g/mol. The summed E-state index contributed by atoms with van der Waals surface area (Å²) < 4.78 is 1.21. The molecule has 0 aliphatic heterocycles. The summed E-state index contributed by atoms with van der Waals surface area (Å²) in [5, 5.41) is 3.30. The van der Waals surface area contributed by atoms with E-state index in [1.54, 1.807) is 0 Å². The second-order valence-electron chi connectivity index (χ2n) is 6.41. The van der Waals surface area contributed by atoms with Crippen molar-refractivity contribution < 1.29 is 0 Å². The number of nitrogens with one attached hydrogen (secondary N) is 1. The largest absolute Gasteiger partial charge is 0.371 e. The normalized spacial score (nSPS) is 23.9. The molecule has 0 heterocycles. The predicted octanol–water partition coefficient (Wildman–Crippen LogP) is 5.13. The van der Waals surface area contributed by atoms with Gasteiger partial charge in [0.05, 0.1) is 5.69 Å². The fourth-order valence-corrected chi connectivity index (χ4v) is 4.06. The number of nitrogens with zero attached hydrogens (tertiary/aromatic N) is 1. The molecule has 1 fully saturated rings. The van der Waals surface area contributed by atoms with Gasteiger partial charge in [0.2, 0.25) is 0 Å². The standard InChI is InChI=1S/C18H29BrN2/c1-5-14-6-9-16(10-7-14)21(4)18-11-8-15(12-17(18)19)13(2)20-3/h8,11-14,16,20H,5-7,9-10H2,1-4H3. The maximum atomic E-state index is 3.77. The van der Waals surface area contributed by atoms with Gasteiger partial charge in [0.25, 0.3) is 0 Å². The molecule has 0 bridgehead atoms. The molecule has 21 heavy (non-hydrogen) atoms. The molecule has 3 heteroatoms. The zero-order valence-corrected chi connectivity index (χ0v) is 15.4. The van der Waals surface area contributed by atoms with Gasteiger partial charge in [-0.15, -0.1) is 0 Å². The van der Waals surface area contributed by atoms with Gasteiger partial charge >= 0.3 is 0 Å². The topological polar surface area (TPSA) is 15.3 Å². The molecule has 0 amide bonds. The fraction of sp³-hybridized carbons (Fsp3) is 0.667. The third kappa shape index (κ3) is 4.01. The first-order chi connectivity index (χ1) is 10.1. The number of rotatable bonds is 5. The Morgan fingerprint density at radius 3 is 2.48 bits per heavy atom. The van der Waals surface area contributed by atoms with Crippen LogP contribution in [0.15, 0.2) is 22.7 Å². The molecule has 1 atom stereocenters. The highest BCUT2D eigenvalue weighted by Gasteiger charge is 2.24. The second kappa shape index (κ2) is 7.64. The van der Waals surface area contributed by atoms with Crippen LogP contribution in [0, 0.1) is 5.92 Å². The summed E-state index contributed by atoms with van der Waals surface area (Å²) in [6, 6.07) is 7.84. The Kier molecular flexibility index (Phi) is 6.12. The number of hydrogen-bond acceptors (Lipinski definition) is 2. The lowest BCUT2D eigenvalue weighted by molar-refractivity contribution is 0.313. The molecule has 0 aromatic heterocycles. The van der Waals surface area contributed by atoms with Crippen molar-refractivity contribution in [2.24, 2.45) is 5.92 Å². The highest BCUT2D eigenvalue weighted by Crippen LogP contribution is 2.35. The van der Waals surface area contributed by atoms with Crippen LogP contribution in [0.25, 0.3) is 0 Å². The van der Waals surface area contributed by atoms with Crippen molar-refractivity contribution in [1.82, 2.24) is 5.32 Å². The van der Waals surface area contributed by atoms with Gasteiger partial charge in [-0.05, 0) is 79.2 Å². The molecular formula is C18H29BrN2. The summed E-state index contributed by atoms with van der Waals surface area (Å²) in [7, 11) is 4.25. The Labute approximate surface area is 138 Å². The van der Waals surface area contributed by atoms with Gasteiger partial charge in [-0.25, -0.2) is 0 Å². The Balaban J connectivity index is 2.07.